The molecule has 0 aromatic heterocycles. The number of methoxy groups -OCH3 is 1. The van der Waals surface area contributed by atoms with Crippen LogP contribution in [0.3, 0.4) is 0 Å². The van der Waals surface area contributed by atoms with E-state index in [4.69, 9.17) is 26.2 Å². The van der Waals surface area contributed by atoms with E-state index < -0.39 is 0 Å². The largest absolute Gasteiger partial charge is 0.497 e. The van der Waals surface area contributed by atoms with E-state index in [9.17, 15) is 0 Å². The van der Waals surface area contributed by atoms with Crippen LogP contribution in [0, 0.1) is 0 Å². The molecule has 0 amide bonds. The van der Waals surface area contributed by atoms with Crippen molar-refractivity contribution in [3.05, 3.63) is 92.9 Å². The van der Waals surface area contributed by atoms with Gasteiger partial charge in [0.05, 0.1) is 18.9 Å². The summed E-state index contributed by atoms with van der Waals surface area (Å²) >= 11 is 10.1. The fraction of sp³-hybridized carbons (Fsp3) is 0.174. The number of hydrogen-bond donors (Lipinski definition) is 0. The maximum atomic E-state index is 6.51. The molecule has 0 N–H and O–H groups in total. The molecule has 2 aliphatic rings. The van der Waals surface area contributed by atoms with Gasteiger partial charge in [0.25, 0.3) is 0 Å². The lowest BCUT2D eigenvalue weighted by Gasteiger charge is -2.38. The van der Waals surface area contributed by atoms with E-state index in [1.54, 1.807) is 7.11 Å². The number of nitrogens with zero attached hydrogens (tertiary/aromatic N) is 2. The fourth-order valence-corrected chi connectivity index (χ4v) is 4.50. The summed E-state index contributed by atoms with van der Waals surface area (Å²) in [4.78, 5) is 0. The number of hydrazone groups is 1. The first-order valence-electron chi connectivity index (χ1n) is 9.35. The number of halogens is 2. The molecule has 3 aromatic carbocycles. The highest BCUT2D eigenvalue weighted by Gasteiger charge is 2.41. The summed E-state index contributed by atoms with van der Waals surface area (Å²) in [5, 5.41) is 7.68. The van der Waals surface area contributed by atoms with Crippen LogP contribution in [0.1, 0.15) is 35.4 Å². The lowest BCUT2D eigenvalue weighted by atomic mass is 9.96. The molecule has 0 radical (unpaired) electrons. The second-order valence-electron chi connectivity index (χ2n) is 7.05. The molecule has 4 nitrogen and oxygen atoms in total. The molecule has 2 heterocycles. The third-order valence-corrected chi connectivity index (χ3v) is 6.18. The van der Waals surface area contributed by atoms with E-state index in [2.05, 4.69) is 22.0 Å². The molecule has 2 atom stereocenters. The minimum absolute atomic E-state index is 0.0784. The average Bonchev–Trinajstić information content (AvgIpc) is 3.20. The van der Waals surface area contributed by atoms with Crippen molar-refractivity contribution in [2.75, 3.05) is 7.11 Å². The van der Waals surface area contributed by atoms with Gasteiger partial charge < -0.3 is 9.47 Å². The van der Waals surface area contributed by atoms with Gasteiger partial charge in [0.1, 0.15) is 11.5 Å². The van der Waals surface area contributed by atoms with Crippen LogP contribution in [0.5, 0.6) is 11.5 Å². The van der Waals surface area contributed by atoms with Crippen LogP contribution in [0.4, 0.5) is 0 Å². The predicted molar refractivity (Wildman–Crippen MR) is 118 cm³/mol. The molecule has 0 saturated carbocycles. The van der Waals surface area contributed by atoms with Crippen molar-refractivity contribution < 1.29 is 9.47 Å². The zero-order chi connectivity index (χ0) is 20.0. The van der Waals surface area contributed by atoms with Crippen LogP contribution in [-0.4, -0.2) is 17.8 Å². The van der Waals surface area contributed by atoms with Crippen molar-refractivity contribution in [2.24, 2.45) is 5.10 Å². The molecule has 3 aromatic rings. The maximum Gasteiger partial charge on any atom is 0.215 e. The third kappa shape index (κ3) is 3.28. The van der Waals surface area contributed by atoms with Gasteiger partial charge in [0, 0.05) is 27.0 Å². The first kappa shape index (κ1) is 18.5. The number of rotatable bonds is 3. The van der Waals surface area contributed by atoms with Crippen LogP contribution in [0.2, 0.25) is 5.02 Å². The van der Waals surface area contributed by atoms with Crippen LogP contribution in [-0.2, 0) is 0 Å². The topological polar surface area (TPSA) is 34.1 Å². The van der Waals surface area contributed by atoms with Crippen LogP contribution >= 0.6 is 27.5 Å². The highest BCUT2D eigenvalue weighted by molar-refractivity contribution is 9.10. The standard InChI is InChI=1S/C23H18BrClN2O2/c1-28-16-9-6-14(7-10-16)20-13-21-18-12-15(24)8-11-22(18)29-23(27(21)26-20)17-4-2-3-5-19(17)25/h2-12,21,23H,13H2,1H3/t21-,23-/m1/s1. The van der Waals surface area contributed by atoms with Crippen LogP contribution < -0.4 is 9.47 Å². The molecule has 0 aliphatic carbocycles. The second kappa shape index (κ2) is 7.39. The monoisotopic (exact) mass is 468 g/mol. The van der Waals surface area contributed by atoms with E-state index in [0.717, 1.165) is 44.8 Å². The SMILES string of the molecule is COc1ccc(C2=NN3[C@H](C2)c2cc(Br)ccc2O[C@@H]3c2ccccc2Cl)cc1. The van der Waals surface area contributed by atoms with Crippen LogP contribution in [0.25, 0.3) is 0 Å². The highest BCUT2D eigenvalue weighted by Crippen LogP contribution is 2.49. The zero-order valence-electron chi connectivity index (χ0n) is 15.7. The zero-order valence-corrected chi connectivity index (χ0v) is 18.0. The van der Waals surface area contributed by atoms with Crippen molar-refractivity contribution >= 4 is 33.2 Å². The summed E-state index contributed by atoms with van der Waals surface area (Å²) in [5.74, 6) is 1.70. The maximum absolute atomic E-state index is 6.51. The number of benzene rings is 3. The summed E-state index contributed by atoms with van der Waals surface area (Å²) < 4.78 is 12.7. The van der Waals surface area contributed by atoms with Gasteiger partial charge in [-0.1, -0.05) is 45.7 Å². The summed E-state index contributed by atoms with van der Waals surface area (Å²) in [7, 11) is 1.67. The van der Waals surface area contributed by atoms with Gasteiger partial charge in [-0.15, -0.1) is 0 Å². The minimum atomic E-state index is -0.377. The Morgan fingerprint density at radius 1 is 1.07 bits per heavy atom. The average molecular weight is 470 g/mol. The van der Waals surface area contributed by atoms with Gasteiger partial charge in [0.2, 0.25) is 6.23 Å². The van der Waals surface area contributed by atoms with Gasteiger partial charge in [0.15, 0.2) is 0 Å². The molecule has 0 spiro atoms. The summed E-state index contributed by atoms with van der Waals surface area (Å²) in [5.41, 5.74) is 4.13. The molecule has 6 heteroatoms. The number of fused-ring (bicyclic) bond motifs is 3. The number of hydrogen-bond acceptors (Lipinski definition) is 4. The summed E-state index contributed by atoms with van der Waals surface area (Å²) in [6.45, 7) is 0. The van der Waals surface area contributed by atoms with Gasteiger partial charge in [-0.25, -0.2) is 5.01 Å². The van der Waals surface area contributed by atoms with Crippen molar-refractivity contribution in [1.29, 1.82) is 0 Å². The Labute approximate surface area is 182 Å². The quantitative estimate of drug-likeness (QED) is 0.448. The van der Waals surface area contributed by atoms with Crippen LogP contribution in [0.15, 0.2) is 76.3 Å². The molecular weight excluding hydrogens is 452 g/mol. The number of ether oxygens (including phenoxy) is 2. The molecule has 0 unspecified atom stereocenters. The van der Waals surface area contributed by atoms with Crippen molar-refractivity contribution in [1.82, 2.24) is 5.01 Å². The van der Waals surface area contributed by atoms with Crippen molar-refractivity contribution in [3.63, 3.8) is 0 Å². The Hall–Kier alpha value is -2.50. The second-order valence-corrected chi connectivity index (χ2v) is 8.37. The van der Waals surface area contributed by atoms with Gasteiger partial charge in [-0.3, -0.25) is 0 Å². The first-order chi connectivity index (χ1) is 14.1. The molecular formula is C23H18BrClN2O2. The van der Waals surface area contributed by atoms with Crippen molar-refractivity contribution in [3.8, 4) is 11.5 Å². The Morgan fingerprint density at radius 2 is 1.86 bits per heavy atom. The third-order valence-electron chi connectivity index (χ3n) is 5.35. The Morgan fingerprint density at radius 3 is 2.62 bits per heavy atom. The summed E-state index contributed by atoms with van der Waals surface area (Å²) in [6.07, 6.45) is 0.415. The molecule has 0 bridgehead atoms. The molecule has 146 valence electrons. The van der Waals surface area contributed by atoms with E-state index >= 15 is 0 Å². The lowest BCUT2D eigenvalue weighted by Crippen LogP contribution is -2.33. The van der Waals surface area contributed by atoms with E-state index in [1.807, 2.05) is 65.7 Å². The Kier molecular flexibility index (Phi) is 4.72. The fourth-order valence-electron chi connectivity index (χ4n) is 3.90. The smallest absolute Gasteiger partial charge is 0.215 e. The Balaban J connectivity index is 1.59. The van der Waals surface area contributed by atoms with Gasteiger partial charge in [-0.05, 0) is 54.1 Å². The van der Waals surface area contributed by atoms with Gasteiger partial charge in [-0.2, -0.15) is 5.10 Å². The first-order valence-corrected chi connectivity index (χ1v) is 10.5. The normalized spacial score (nSPS) is 19.8. The van der Waals surface area contributed by atoms with Crippen molar-refractivity contribution in [2.45, 2.75) is 18.7 Å². The van der Waals surface area contributed by atoms with E-state index in [-0.39, 0.29) is 12.3 Å². The van der Waals surface area contributed by atoms with E-state index in [0.29, 0.717) is 5.02 Å². The highest BCUT2D eigenvalue weighted by atomic mass is 79.9. The molecule has 0 saturated heterocycles. The molecule has 29 heavy (non-hydrogen) atoms. The molecule has 5 rings (SSSR count). The lowest BCUT2D eigenvalue weighted by molar-refractivity contribution is -0.0190. The predicted octanol–water partition coefficient (Wildman–Crippen LogP) is 6.35. The molecule has 0 fully saturated rings. The van der Waals surface area contributed by atoms with E-state index in [1.165, 1.54) is 0 Å². The molecule has 2 aliphatic heterocycles. The summed E-state index contributed by atoms with van der Waals surface area (Å²) in [6, 6.07) is 22.0. The van der Waals surface area contributed by atoms with Gasteiger partial charge >= 0.3 is 0 Å². The minimum Gasteiger partial charge on any atom is -0.497 e. The Bertz CT molecular complexity index is 1100.